The van der Waals surface area contributed by atoms with Gasteiger partial charge in [-0.25, -0.2) is 9.79 Å². The van der Waals surface area contributed by atoms with E-state index in [-0.39, 0.29) is 18.2 Å². The van der Waals surface area contributed by atoms with Gasteiger partial charge in [0, 0.05) is 17.4 Å². The number of carbonyl (C=O) groups excluding carboxylic acids is 1. The highest BCUT2D eigenvalue weighted by Crippen LogP contribution is 2.36. The van der Waals surface area contributed by atoms with Gasteiger partial charge in [0.2, 0.25) is 5.96 Å². The van der Waals surface area contributed by atoms with E-state index >= 15 is 0 Å². The van der Waals surface area contributed by atoms with Gasteiger partial charge in [-0.1, -0.05) is 6.58 Å². The van der Waals surface area contributed by atoms with Gasteiger partial charge in [0.05, 0.1) is 0 Å². The Morgan fingerprint density at radius 3 is 2.50 bits per heavy atom. The Morgan fingerprint density at radius 2 is 1.89 bits per heavy atom. The van der Waals surface area contributed by atoms with Crippen molar-refractivity contribution in [3.63, 3.8) is 0 Å². The predicted molar refractivity (Wildman–Crippen MR) is 108 cm³/mol. The Kier molecular flexibility index (Phi) is 6.96. The van der Waals surface area contributed by atoms with Crippen molar-refractivity contribution in [3.8, 4) is 6.26 Å². The van der Waals surface area contributed by atoms with Crippen molar-refractivity contribution in [3.05, 3.63) is 24.0 Å². The molecule has 0 aromatic rings. The van der Waals surface area contributed by atoms with E-state index in [1.807, 2.05) is 19.3 Å². The molecule has 2 fully saturated rings. The Bertz CT molecular complexity index is 677. The average Bonchev–Trinajstić information content (AvgIpc) is 2.64. The number of amides is 2. The summed E-state index contributed by atoms with van der Waals surface area (Å²) in [6.07, 6.45) is 13.8. The molecule has 152 valence electrons. The molecule has 0 bridgehead atoms. The molecule has 0 aromatic carbocycles. The van der Waals surface area contributed by atoms with Crippen LogP contribution in [0.15, 0.2) is 29.0 Å². The zero-order valence-electron chi connectivity index (χ0n) is 16.7. The van der Waals surface area contributed by atoms with Crippen LogP contribution in [0.5, 0.6) is 0 Å². The maximum Gasteiger partial charge on any atom is 0.321 e. The van der Waals surface area contributed by atoms with Gasteiger partial charge in [-0.15, -0.1) is 0 Å². The molecule has 28 heavy (non-hydrogen) atoms. The van der Waals surface area contributed by atoms with Crippen LogP contribution < -0.4 is 16.0 Å². The van der Waals surface area contributed by atoms with Crippen LogP contribution >= 0.6 is 0 Å². The van der Waals surface area contributed by atoms with Crippen LogP contribution in [0.4, 0.5) is 4.79 Å². The maximum absolute atomic E-state index is 12.2. The average molecular weight is 386 g/mol. The van der Waals surface area contributed by atoms with Gasteiger partial charge < -0.3 is 15.4 Å². The summed E-state index contributed by atoms with van der Waals surface area (Å²) >= 11 is 0. The molecule has 2 aliphatic carbocycles. The summed E-state index contributed by atoms with van der Waals surface area (Å²) in [5, 5.41) is 17.4. The molecule has 0 radical (unpaired) electrons. The number of carbonyl (C=O) groups is 1. The minimum Gasteiger partial charge on any atom is -0.424 e. The summed E-state index contributed by atoms with van der Waals surface area (Å²) in [5.74, 6) is 1.93. The monoisotopic (exact) mass is 385 g/mol. The lowest BCUT2D eigenvalue weighted by atomic mass is 9.76. The largest absolute Gasteiger partial charge is 0.424 e. The highest BCUT2D eigenvalue weighted by Gasteiger charge is 2.28. The number of hydrogen-bond donors (Lipinski definition) is 3. The quantitative estimate of drug-likeness (QED) is 0.643. The number of nitrogens with one attached hydrogen (secondary N) is 3. The number of aliphatic imine (C=N–C) groups is 1. The highest BCUT2D eigenvalue weighted by molar-refractivity contribution is 5.98. The van der Waals surface area contributed by atoms with Gasteiger partial charge in [-0.2, -0.15) is 5.26 Å². The first-order valence-electron chi connectivity index (χ1n) is 10.4. The number of nitrogens with zero attached hydrogens (tertiary/aromatic N) is 2. The number of rotatable bonds is 4. The summed E-state index contributed by atoms with van der Waals surface area (Å²) in [5.41, 5.74) is 1.53. The molecule has 1 heterocycles. The number of guanidine groups is 1. The smallest absolute Gasteiger partial charge is 0.321 e. The van der Waals surface area contributed by atoms with E-state index in [0.29, 0.717) is 5.96 Å². The summed E-state index contributed by atoms with van der Waals surface area (Å²) in [6.45, 7) is 5.72. The number of ether oxygens (including phenoxy) is 1. The van der Waals surface area contributed by atoms with Crippen LogP contribution in [0, 0.1) is 23.4 Å². The topological polar surface area (TPSA) is 98.5 Å². The standard InChI is InChI=1S/C21H31N5O2/c1-14-11-15(2)24-20(23-14)26-21(27)25-18-7-3-16(4-8-18)12-17-5-9-19(10-6-17)28-13-22/h11,16-19H,1,3-10,12H2,2H3,(H3,23,24,25,26,27). The first-order valence-corrected chi connectivity index (χ1v) is 10.4. The molecule has 3 rings (SSSR count). The molecule has 0 atom stereocenters. The summed E-state index contributed by atoms with van der Waals surface area (Å²) in [7, 11) is 0. The summed E-state index contributed by atoms with van der Waals surface area (Å²) in [4.78, 5) is 16.5. The Labute approximate surface area is 167 Å². The minimum atomic E-state index is -0.215. The third kappa shape index (κ3) is 6.01. The highest BCUT2D eigenvalue weighted by atomic mass is 16.5. The molecule has 2 saturated carbocycles. The van der Waals surface area contributed by atoms with Gasteiger partial charge in [-0.05, 0) is 82.6 Å². The van der Waals surface area contributed by atoms with Crippen LogP contribution in [-0.2, 0) is 4.74 Å². The fraction of sp³-hybridized carbons (Fsp3) is 0.667. The zero-order chi connectivity index (χ0) is 19.9. The third-order valence-electron chi connectivity index (χ3n) is 6.04. The van der Waals surface area contributed by atoms with Crippen molar-refractivity contribution in [2.24, 2.45) is 16.8 Å². The molecule has 0 saturated heterocycles. The molecule has 7 heteroatoms. The molecule has 1 aliphatic heterocycles. The van der Waals surface area contributed by atoms with Crippen LogP contribution in [0.2, 0.25) is 0 Å². The fourth-order valence-electron chi connectivity index (χ4n) is 4.64. The van der Waals surface area contributed by atoms with E-state index in [0.717, 1.165) is 61.8 Å². The molecule has 3 N–H and O–H groups in total. The predicted octanol–water partition coefficient (Wildman–Crippen LogP) is 3.67. The molecular weight excluding hydrogens is 354 g/mol. The Morgan fingerprint density at radius 1 is 1.25 bits per heavy atom. The molecule has 0 unspecified atom stereocenters. The lowest BCUT2D eigenvalue weighted by Gasteiger charge is -2.33. The number of urea groups is 1. The number of allylic oxidation sites excluding steroid dienone is 2. The van der Waals surface area contributed by atoms with Crippen molar-refractivity contribution in [1.82, 2.24) is 16.0 Å². The van der Waals surface area contributed by atoms with Gasteiger partial charge in [-0.3, -0.25) is 5.32 Å². The van der Waals surface area contributed by atoms with Crippen molar-refractivity contribution < 1.29 is 9.53 Å². The van der Waals surface area contributed by atoms with Crippen molar-refractivity contribution in [2.45, 2.75) is 76.9 Å². The van der Waals surface area contributed by atoms with Crippen LogP contribution in [0.3, 0.4) is 0 Å². The van der Waals surface area contributed by atoms with E-state index in [9.17, 15) is 4.79 Å². The van der Waals surface area contributed by atoms with Crippen LogP contribution in [0.1, 0.15) is 64.7 Å². The van der Waals surface area contributed by atoms with E-state index in [4.69, 9.17) is 10.00 Å². The summed E-state index contributed by atoms with van der Waals surface area (Å²) < 4.78 is 5.08. The van der Waals surface area contributed by atoms with Crippen molar-refractivity contribution in [2.75, 3.05) is 0 Å². The van der Waals surface area contributed by atoms with Gasteiger partial charge in [0.15, 0.2) is 0 Å². The van der Waals surface area contributed by atoms with Crippen molar-refractivity contribution >= 4 is 12.0 Å². The van der Waals surface area contributed by atoms with Gasteiger partial charge in [0.1, 0.15) is 6.10 Å². The van der Waals surface area contributed by atoms with E-state index in [1.54, 1.807) is 0 Å². The maximum atomic E-state index is 12.2. The number of hydrogen-bond acceptors (Lipinski definition) is 5. The molecule has 2 amide bonds. The first-order chi connectivity index (χ1) is 13.5. The Hall–Kier alpha value is -2.49. The minimum absolute atomic E-state index is 0.138. The lowest BCUT2D eigenvalue weighted by Crippen LogP contribution is -2.49. The van der Waals surface area contributed by atoms with E-state index < -0.39 is 0 Å². The summed E-state index contributed by atoms with van der Waals surface area (Å²) in [6, 6.07) is 0.00746. The molecule has 0 spiro atoms. The van der Waals surface area contributed by atoms with Crippen molar-refractivity contribution in [1.29, 1.82) is 5.26 Å². The van der Waals surface area contributed by atoms with Crippen LogP contribution in [-0.4, -0.2) is 24.1 Å². The second-order valence-electron chi connectivity index (χ2n) is 8.30. The number of nitriles is 1. The second kappa shape index (κ2) is 9.63. The van der Waals surface area contributed by atoms with Gasteiger partial charge >= 0.3 is 6.03 Å². The van der Waals surface area contributed by atoms with Crippen LogP contribution in [0.25, 0.3) is 0 Å². The molecule has 7 nitrogen and oxygen atoms in total. The zero-order valence-corrected chi connectivity index (χ0v) is 16.7. The Balaban J connectivity index is 1.34. The second-order valence-corrected chi connectivity index (χ2v) is 8.30. The lowest BCUT2D eigenvalue weighted by molar-refractivity contribution is 0.0912. The van der Waals surface area contributed by atoms with E-state index in [1.165, 1.54) is 19.3 Å². The third-order valence-corrected chi connectivity index (χ3v) is 6.04. The molecular formula is C21H31N5O2. The van der Waals surface area contributed by atoms with E-state index in [2.05, 4.69) is 27.5 Å². The fourth-order valence-corrected chi connectivity index (χ4v) is 4.64. The SMILES string of the molecule is C=C1C=C(C)N=C(NC(=O)NC2CCC(CC3CCC(OC#N)CC3)CC2)N1. The molecule has 0 aromatic heterocycles. The normalized spacial score (nSPS) is 30.2. The molecule has 3 aliphatic rings. The first kappa shape index (κ1) is 20.2. The van der Waals surface area contributed by atoms with Gasteiger partial charge in [0.25, 0.3) is 6.26 Å².